The van der Waals surface area contributed by atoms with Gasteiger partial charge < -0.3 is 9.32 Å². The van der Waals surface area contributed by atoms with Gasteiger partial charge in [-0.1, -0.05) is 12.1 Å². The van der Waals surface area contributed by atoms with Crippen LogP contribution in [0.15, 0.2) is 46.9 Å². The van der Waals surface area contributed by atoms with Crippen LogP contribution >= 0.6 is 11.3 Å². The molecule has 0 saturated carbocycles. The number of para-hydroxylation sites is 1. The second kappa shape index (κ2) is 7.43. The number of furan rings is 1. The van der Waals surface area contributed by atoms with Gasteiger partial charge in [0.2, 0.25) is 5.91 Å². The Balaban J connectivity index is 1.30. The molecule has 2 aromatic heterocycles. The molecule has 0 bridgehead atoms. The summed E-state index contributed by atoms with van der Waals surface area (Å²) in [6.45, 7) is 5.97. The van der Waals surface area contributed by atoms with E-state index in [0.717, 1.165) is 49.0 Å². The van der Waals surface area contributed by atoms with Crippen LogP contribution in [0.2, 0.25) is 0 Å². The van der Waals surface area contributed by atoms with Gasteiger partial charge in [0.25, 0.3) is 0 Å². The fraction of sp³-hybridized carbons (Fsp3) is 0.300. The summed E-state index contributed by atoms with van der Waals surface area (Å²) in [4.78, 5) is 21.3. The number of carbonyl (C=O) groups is 1. The summed E-state index contributed by atoms with van der Waals surface area (Å²) in [5.74, 6) is 1.60. The van der Waals surface area contributed by atoms with Crippen LogP contribution in [0.4, 0.5) is 0 Å². The number of piperazine rings is 1. The van der Waals surface area contributed by atoms with Crippen LogP contribution < -0.4 is 0 Å². The van der Waals surface area contributed by atoms with E-state index in [-0.39, 0.29) is 5.91 Å². The van der Waals surface area contributed by atoms with Crippen molar-refractivity contribution in [3.63, 3.8) is 0 Å². The number of hydrogen-bond donors (Lipinski definition) is 0. The largest absolute Gasteiger partial charge is 0.462 e. The van der Waals surface area contributed by atoms with Crippen molar-refractivity contribution in [2.45, 2.75) is 13.5 Å². The lowest BCUT2D eigenvalue weighted by Gasteiger charge is -2.33. The molecule has 4 rings (SSSR count). The third kappa shape index (κ3) is 3.86. The zero-order valence-corrected chi connectivity index (χ0v) is 15.5. The Morgan fingerprint density at radius 3 is 2.73 bits per heavy atom. The number of hydrogen-bond acceptors (Lipinski definition) is 5. The molecule has 1 amide bonds. The predicted octanol–water partition coefficient (Wildman–Crippen LogP) is 3.56. The summed E-state index contributed by atoms with van der Waals surface area (Å²) < 4.78 is 6.69. The van der Waals surface area contributed by atoms with Gasteiger partial charge in [-0.25, -0.2) is 4.98 Å². The topological polar surface area (TPSA) is 49.6 Å². The van der Waals surface area contributed by atoms with E-state index in [0.29, 0.717) is 5.76 Å². The average Bonchev–Trinajstić information content (AvgIpc) is 3.25. The molecule has 134 valence electrons. The van der Waals surface area contributed by atoms with Crippen molar-refractivity contribution in [1.82, 2.24) is 14.8 Å². The fourth-order valence-corrected chi connectivity index (χ4v) is 4.12. The molecule has 1 fully saturated rings. The van der Waals surface area contributed by atoms with Crippen LogP contribution in [0, 0.1) is 6.92 Å². The van der Waals surface area contributed by atoms with Crippen molar-refractivity contribution in [3.05, 3.63) is 59.0 Å². The minimum Gasteiger partial charge on any atom is -0.462 e. The van der Waals surface area contributed by atoms with Crippen LogP contribution in [0.1, 0.15) is 16.5 Å². The van der Waals surface area contributed by atoms with Crippen LogP contribution in [-0.2, 0) is 11.3 Å². The first-order chi connectivity index (χ1) is 12.7. The van der Waals surface area contributed by atoms with Crippen LogP contribution in [0.25, 0.3) is 16.3 Å². The van der Waals surface area contributed by atoms with Gasteiger partial charge in [0.05, 0.1) is 16.8 Å². The average molecular weight is 367 g/mol. The zero-order chi connectivity index (χ0) is 17.9. The Kier molecular flexibility index (Phi) is 4.86. The summed E-state index contributed by atoms with van der Waals surface area (Å²) in [6, 6.07) is 12.0. The molecule has 1 aliphatic rings. The van der Waals surface area contributed by atoms with Gasteiger partial charge in [-0.3, -0.25) is 9.69 Å². The SMILES string of the molecule is Cc1ccc(/C=C/C(=O)N2CCN(Cc3nc4ccccc4s3)CC2)o1. The molecule has 6 heteroatoms. The smallest absolute Gasteiger partial charge is 0.246 e. The van der Waals surface area contributed by atoms with E-state index in [9.17, 15) is 4.79 Å². The normalized spacial score (nSPS) is 16.0. The number of aromatic nitrogens is 1. The van der Waals surface area contributed by atoms with Gasteiger partial charge in [-0.05, 0) is 37.3 Å². The second-order valence-electron chi connectivity index (χ2n) is 6.46. The molecule has 0 N–H and O–H groups in total. The number of carbonyl (C=O) groups excluding carboxylic acids is 1. The highest BCUT2D eigenvalue weighted by Gasteiger charge is 2.20. The van der Waals surface area contributed by atoms with Crippen LogP contribution in [0.3, 0.4) is 0 Å². The van der Waals surface area contributed by atoms with E-state index in [1.807, 2.05) is 36.1 Å². The van der Waals surface area contributed by atoms with Crippen molar-refractivity contribution < 1.29 is 9.21 Å². The van der Waals surface area contributed by atoms with Crippen LogP contribution in [-0.4, -0.2) is 46.9 Å². The van der Waals surface area contributed by atoms with E-state index in [1.165, 1.54) is 4.70 Å². The van der Waals surface area contributed by atoms with Crippen LogP contribution in [0.5, 0.6) is 0 Å². The molecule has 0 atom stereocenters. The Labute approximate surface area is 156 Å². The highest BCUT2D eigenvalue weighted by molar-refractivity contribution is 7.18. The van der Waals surface area contributed by atoms with Crippen molar-refractivity contribution in [2.24, 2.45) is 0 Å². The number of amides is 1. The third-order valence-corrected chi connectivity index (χ3v) is 5.55. The van der Waals surface area contributed by atoms with Gasteiger partial charge in [-0.15, -0.1) is 11.3 Å². The Morgan fingerprint density at radius 1 is 1.19 bits per heavy atom. The van der Waals surface area contributed by atoms with Gasteiger partial charge in [0.1, 0.15) is 16.5 Å². The Bertz CT molecular complexity index is 902. The molecule has 0 radical (unpaired) electrons. The standard InChI is InChI=1S/C20H21N3O2S/c1-15-6-7-16(25-15)8-9-20(24)23-12-10-22(11-13-23)14-19-21-17-4-2-3-5-18(17)26-19/h2-9H,10-14H2,1H3/b9-8+. The van der Waals surface area contributed by atoms with E-state index in [4.69, 9.17) is 9.40 Å². The number of thiazole rings is 1. The molecule has 0 spiro atoms. The molecule has 5 nitrogen and oxygen atoms in total. The summed E-state index contributed by atoms with van der Waals surface area (Å²) >= 11 is 1.75. The van der Waals surface area contributed by atoms with E-state index in [1.54, 1.807) is 23.5 Å². The quantitative estimate of drug-likeness (QED) is 0.662. The van der Waals surface area contributed by atoms with Crippen molar-refractivity contribution in [3.8, 4) is 0 Å². The fourth-order valence-electron chi connectivity index (χ4n) is 3.11. The van der Waals surface area contributed by atoms with Crippen molar-refractivity contribution in [1.29, 1.82) is 0 Å². The number of nitrogens with zero attached hydrogens (tertiary/aromatic N) is 3. The van der Waals surface area contributed by atoms with E-state index >= 15 is 0 Å². The first-order valence-electron chi connectivity index (χ1n) is 8.77. The third-order valence-electron chi connectivity index (χ3n) is 4.53. The number of rotatable bonds is 4. The zero-order valence-electron chi connectivity index (χ0n) is 14.7. The summed E-state index contributed by atoms with van der Waals surface area (Å²) in [6.07, 6.45) is 3.34. The van der Waals surface area contributed by atoms with Crippen molar-refractivity contribution >= 4 is 33.5 Å². The Hall–Kier alpha value is -2.44. The molecule has 0 aliphatic carbocycles. The maximum absolute atomic E-state index is 12.3. The first-order valence-corrected chi connectivity index (χ1v) is 9.59. The molecule has 3 heterocycles. The highest BCUT2D eigenvalue weighted by atomic mass is 32.1. The molecule has 1 saturated heterocycles. The van der Waals surface area contributed by atoms with E-state index in [2.05, 4.69) is 17.0 Å². The monoisotopic (exact) mass is 367 g/mol. The minimum atomic E-state index is 0.0405. The second-order valence-corrected chi connectivity index (χ2v) is 7.57. The Morgan fingerprint density at radius 2 is 2.00 bits per heavy atom. The number of aryl methyl sites for hydroxylation is 1. The predicted molar refractivity (Wildman–Crippen MR) is 104 cm³/mol. The lowest BCUT2D eigenvalue weighted by molar-refractivity contribution is -0.127. The first kappa shape index (κ1) is 17.0. The molecular weight excluding hydrogens is 346 g/mol. The number of fused-ring (bicyclic) bond motifs is 1. The van der Waals surface area contributed by atoms with Crippen molar-refractivity contribution in [2.75, 3.05) is 26.2 Å². The summed E-state index contributed by atoms with van der Waals surface area (Å²) in [5.41, 5.74) is 1.07. The lowest BCUT2D eigenvalue weighted by Crippen LogP contribution is -2.47. The van der Waals surface area contributed by atoms with Gasteiger partial charge in [0.15, 0.2) is 0 Å². The summed E-state index contributed by atoms with van der Waals surface area (Å²) in [5, 5.41) is 1.14. The number of benzene rings is 1. The molecule has 1 aromatic carbocycles. The molecule has 0 unspecified atom stereocenters. The highest BCUT2D eigenvalue weighted by Crippen LogP contribution is 2.23. The maximum Gasteiger partial charge on any atom is 0.246 e. The van der Waals surface area contributed by atoms with Gasteiger partial charge >= 0.3 is 0 Å². The molecule has 26 heavy (non-hydrogen) atoms. The molecule has 1 aliphatic heterocycles. The molecule has 3 aromatic rings. The molecular formula is C20H21N3O2S. The van der Waals surface area contributed by atoms with Gasteiger partial charge in [-0.2, -0.15) is 0 Å². The van der Waals surface area contributed by atoms with E-state index < -0.39 is 0 Å². The van der Waals surface area contributed by atoms with Gasteiger partial charge in [0, 0.05) is 32.3 Å². The maximum atomic E-state index is 12.3. The summed E-state index contributed by atoms with van der Waals surface area (Å²) in [7, 11) is 0. The lowest BCUT2D eigenvalue weighted by atomic mass is 10.3. The minimum absolute atomic E-state index is 0.0405.